The van der Waals surface area contributed by atoms with Crippen LogP contribution in [-0.4, -0.2) is 32.8 Å². The van der Waals surface area contributed by atoms with E-state index in [1.807, 2.05) is 30.9 Å². The van der Waals surface area contributed by atoms with Gasteiger partial charge < -0.3 is 18.6 Å². The Labute approximate surface area is 166 Å². The molecule has 0 saturated heterocycles. The summed E-state index contributed by atoms with van der Waals surface area (Å²) in [6.07, 6.45) is 15.8. The Kier molecular flexibility index (Phi) is 5.95. The Bertz CT molecular complexity index is 867. The number of methoxy groups -OCH3 is 1. The number of hydrogen-bond acceptors (Lipinski definition) is 4. The second-order valence-electron chi connectivity index (χ2n) is 7.39. The van der Waals surface area contributed by atoms with Crippen molar-refractivity contribution in [2.24, 2.45) is 5.92 Å². The van der Waals surface area contributed by atoms with Gasteiger partial charge in [-0.05, 0) is 37.3 Å². The summed E-state index contributed by atoms with van der Waals surface area (Å²) >= 11 is 0. The maximum Gasteiger partial charge on any atom is 0.172 e. The summed E-state index contributed by atoms with van der Waals surface area (Å²) in [5.41, 5.74) is 0.991. The van der Waals surface area contributed by atoms with E-state index in [9.17, 15) is 0 Å². The van der Waals surface area contributed by atoms with Crippen LogP contribution >= 0.6 is 0 Å². The lowest BCUT2D eigenvalue weighted by Gasteiger charge is -2.17. The van der Waals surface area contributed by atoms with Crippen molar-refractivity contribution in [3.05, 3.63) is 49.3 Å². The van der Waals surface area contributed by atoms with Gasteiger partial charge in [0.1, 0.15) is 5.82 Å². The van der Waals surface area contributed by atoms with Gasteiger partial charge in [-0.1, -0.05) is 18.9 Å². The number of nitrogens with zero attached hydrogens (tertiary/aromatic N) is 4. The minimum atomic E-state index is 0.606. The predicted molar refractivity (Wildman–Crippen MR) is 109 cm³/mol. The molecule has 1 aromatic carbocycles. The van der Waals surface area contributed by atoms with Crippen molar-refractivity contribution >= 4 is 0 Å². The van der Waals surface area contributed by atoms with E-state index < -0.39 is 0 Å². The van der Waals surface area contributed by atoms with E-state index in [4.69, 9.17) is 9.47 Å². The second kappa shape index (κ2) is 8.95. The standard InChI is InChI=1S/C22H28N4O2/c1-27-20-9-4-8-19(21(20)28-15-5-12-25-13-10-23-17-25)22-24-11-14-26(22)16-18-6-2-3-7-18/h4,8-11,13-14,17-18H,2-3,5-7,12,15-16H2,1H3. The van der Waals surface area contributed by atoms with E-state index in [2.05, 4.69) is 31.4 Å². The molecule has 0 unspecified atom stereocenters. The van der Waals surface area contributed by atoms with Crippen LogP contribution in [0.15, 0.2) is 49.3 Å². The topological polar surface area (TPSA) is 54.1 Å². The minimum Gasteiger partial charge on any atom is -0.493 e. The molecule has 0 spiro atoms. The normalized spacial score (nSPS) is 14.5. The molecule has 1 aliphatic carbocycles. The van der Waals surface area contributed by atoms with E-state index in [0.717, 1.165) is 48.3 Å². The molecule has 6 heteroatoms. The molecule has 3 aromatic rings. The van der Waals surface area contributed by atoms with Crippen LogP contribution in [-0.2, 0) is 13.1 Å². The summed E-state index contributed by atoms with van der Waals surface area (Å²) in [6.45, 7) is 2.50. The number of rotatable bonds is 9. The maximum atomic E-state index is 6.19. The molecule has 1 saturated carbocycles. The first kappa shape index (κ1) is 18.6. The highest BCUT2D eigenvalue weighted by atomic mass is 16.5. The molecule has 0 bridgehead atoms. The zero-order valence-electron chi connectivity index (χ0n) is 16.5. The van der Waals surface area contributed by atoms with Crippen molar-refractivity contribution in [1.82, 2.24) is 19.1 Å². The van der Waals surface area contributed by atoms with E-state index in [0.29, 0.717) is 6.61 Å². The van der Waals surface area contributed by atoms with Crippen molar-refractivity contribution in [3.8, 4) is 22.9 Å². The fourth-order valence-corrected chi connectivity index (χ4v) is 4.01. The van der Waals surface area contributed by atoms with Gasteiger partial charge >= 0.3 is 0 Å². The number of imidazole rings is 2. The summed E-state index contributed by atoms with van der Waals surface area (Å²) in [4.78, 5) is 8.73. The molecule has 4 rings (SSSR count). The highest BCUT2D eigenvalue weighted by Crippen LogP contribution is 2.38. The van der Waals surface area contributed by atoms with Crippen molar-refractivity contribution in [3.63, 3.8) is 0 Å². The Hall–Kier alpha value is -2.76. The first-order valence-corrected chi connectivity index (χ1v) is 10.1. The summed E-state index contributed by atoms with van der Waals surface area (Å²) < 4.78 is 16.1. The van der Waals surface area contributed by atoms with Crippen LogP contribution in [0.1, 0.15) is 32.1 Å². The summed E-state index contributed by atoms with van der Waals surface area (Å²) in [5.74, 6) is 3.22. The Morgan fingerprint density at radius 3 is 2.82 bits per heavy atom. The van der Waals surface area contributed by atoms with Gasteiger partial charge in [0, 0.05) is 37.9 Å². The lowest BCUT2D eigenvalue weighted by molar-refractivity contribution is 0.283. The van der Waals surface area contributed by atoms with E-state index >= 15 is 0 Å². The number of aryl methyl sites for hydroxylation is 1. The van der Waals surface area contributed by atoms with Crippen LogP contribution in [0.25, 0.3) is 11.4 Å². The van der Waals surface area contributed by atoms with Gasteiger partial charge in [-0.25, -0.2) is 9.97 Å². The SMILES string of the molecule is COc1cccc(-c2nccn2CC2CCCC2)c1OCCCn1ccnc1. The number of ether oxygens (including phenoxy) is 2. The van der Waals surface area contributed by atoms with Crippen LogP contribution in [0.2, 0.25) is 0 Å². The molecule has 2 aromatic heterocycles. The van der Waals surface area contributed by atoms with Gasteiger partial charge in [-0.3, -0.25) is 0 Å². The van der Waals surface area contributed by atoms with Gasteiger partial charge in [-0.15, -0.1) is 0 Å². The van der Waals surface area contributed by atoms with Gasteiger partial charge in [0.15, 0.2) is 11.5 Å². The summed E-state index contributed by atoms with van der Waals surface area (Å²) in [6, 6.07) is 6.02. The first-order valence-electron chi connectivity index (χ1n) is 10.1. The fourth-order valence-electron chi connectivity index (χ4n) is 4.01. The molecular weight excluding hydrogens is 352 g/mol. The minimum absolute atomic E-state index is 0.606. The molecule has 0 radical (unpaired) electrons. The van der Waals surface area contributed by atoms with Gasteiger partial charge in [-0.2, -0.15) is 0 Å². The molecule has 0 atom stereocenters. The van der Waals surface area contributed by atoms with Gasteiger partial charge in [0.05, 0.1) is 25.6 Å². The summed E-state index contributed by atoms with van der Waals surface area (Å²) in [7, 11) is 1.68. The lowest BCUT2D eigenvalue weighted by Crippen LogP contribution is -2.09. The molecule has 6 nitrogen and oxygen atoms in total. The molecule has 0 aliphatic heterocycles. The predicted octanol–water partition coefficient (Wildman–Crippen LogP) is 4.41. The molecular formula is C22H28N4O2. The molecule has 148 valence electrons. The average Bonchev–Trinajstić information content (AvgIpc) is 3.48. The zero-order chi connectivity index (χ0) is 19.2. The van der Waals surface area contributed by atoms with E-state index in [-0.39, 0.29) is 0 Å². The van der Waals surface area contributed by atoms with Gasteiger partial charge in [0.2, 0.25) is 0 Å². The summed E-state index contributed by atoms with van der Waals surface area (Å²) in [5, 5.41) is 0. The van der Waals surface area contributed by atoms with Crippen LogP contribution in [0.4, 0.5) is 0 Å². The van der Waals surface area contributed by atoms with Crippen molar-refractivity contribution in [1.29, 1.82) is 0 Å². The smallest absolute Gasteiger partial charge is 0.172 e. The van der Waals surface area contributed by atoms with Crippen molar-refractivity contribution in [2.75, 3.05) is 13.7 Å². The third-order valence-corrected chi connectivity index (χ3v) is 5.45. The molecule has 0 N–H and O–H groups in total. The van der Waals surface area contributed by atoms with Crippen LogP contribution in [0.5, 0.6) is 11.5 Å². The molecule has 1 fully saturated rings. The Morgan fingerprint density at radius 1 is 1.14 bits per heavy atom. The van der Waals surface area contributed by atoms with Crippen LogP contribution < -0.4 is 9.47 Å². The van der Waals surface area contributed by atoms with E-state index in [1.165, 1.54) is 25.7 Å². The molecule has 1 aliphatic rings. The number of benzene rings is 1. The van der Waals surface area contributed by atoms with Crippen molar-refractivity contribution < 1.29 is 9.47 Å². The highest BCUT2D eigenvalue weighted by Gasteiger charge is 2.20. The second-order valence-corrected chi connectivity index (χ2v) is 7.39. The molecule has 0 amide bonds. The van der Waals surface area contributed by atoms with Crippen molar-refractivity contribution in [2.45, 2.75) is 45.2 Å². The third-order valence-electron chi connectivity index (χ3n) is 5.45. The van der Waals surface area contributed by atoms with Gasteiger partial charge in [0.25, 0.3) is 0 Å². The quantitative estimate of drug-likeness (QED) is 0.516. The third kappa shape index (κ3) is 4.21. The van der Waals surface area contributed by atoms with Crippen LogP contribution in [0.3, 0.4) is 0 Å². The Morgan fingerprint density at radius 2 is 2.04 bits per heavy atom. The first-order chi connectivity index (χ1) is 13.8. The lowest BCUT2D eigenvalue weighted by atomic mass is 10.1. The van der Waals surface area contributed by atoms with Crippen LogP contribution in [0, 0.1) is 5.92 Å². The molecule has 28 heavy (non-hydrogen) atoms. The number of hydrogen-bond donors (Lipinski definition) is 0. The highest BCUT2D eigenvalue weighted by molar-refractivity contribution is 5.69. The average molecular weight is 380 g/mol. The number of para-hydroxylation sites is 1. The number of aromatic nitrogens is 4. The Balaban J connectivity index is 1.51. The zero-order valence-corrected chi connectivity index (χ0v) is 16.5. The fraction of sp³-hybridized carbons (Fsp3) is 0.455. The largest absolute Gasteiger partial charge is 0.493 e. The molecule has 2 heterocycles. The maximum absolute atomic E-state index is 6.19. The monoisotopic (exact) mass is 380 g/mol. The van der Waals surface area contributed by atoms with E-state index in [1.54, 1.807) is 13.3 Å².